The molecule has 1 aliphatic rings. The maximum Gasteiger partial charge on any atom is 0.587 e. The van der Waals surface area contributed by atoms with Gasteiger partial charge >= 0.3 is 19.4 Å². The Morgan fingerprint density at radius 3 is 1.90 bits per heavy atom. The first-order valence-electron chi connectivity index (χ1n) is 11.7. The molecule has 0 bridgehead atoms. The number of alkyl halides is 4. The van der Waals surface area contributed by atoms with Crippen LogP contribution in [0.1, 0.15) is 6.23 Å². The normalized spacial score (nSPS) is 21.7. The van der Waals surface area contributed by atoms with Crippen molar-refractivity contribution in [3.8, 4) is 23.0 Å². The van der Waals surface area contributed by atoms with Crippen molar-refractivity contribution >= 4 is 7.82 Å². The van der Waals surface area contributed by atoms with E-state index in [1.54, 1.807) is 0 Å². The number of nitrogens with one attached hydrogen (secondary N) is 1. The van der Waals surface area contributed by atoms with Gasteiger partial charge in [-0.1, -0.05) is 0 Å². The van der Waals surface area contributed by atoms with Crippen LogP contribution in [0.3, 0.4) is 0 Å². The summed E-state index contributed by atoms with van der Waals surface area (Å²) in [5, 5.41) is 10.4. The first kappa shape index (κ1) is 31.0. The number of halogens is 5. The summed E-state index contributed by atoms with van der Waals surface area (Å²) in [6, 6.07) is 10.5. The molecule has 4 rings (SSSR count). The second-order valence-electron chi connectivity index (χ2n) is 8.70. The fourth-order valence-corrected chi connectivity index (χ4v) is 5.08. The number of aromatic nitrogens is 2. The van der Waals surface area contributed by atoms with Gasteiger partial charge in [-0.15, -0.1) is 0 Å². The van der Waals surface area contributed by atoms with Crippen LogP contribution < -0.4 is 29.8 Å². The number of hydrogen-bond donors (Lipinski definition) is 2. The van der Waals surface area contributed by atoms with Crippen LogP contribution in [0, 0.1) is 5.82 Å². The third-order valence-electron chi connectivity index (χ3n) is 6.04. The van der Waals surface area contributed by atoms with Gasteiger partial charge in [0.2, 0.25) is 12.0 Å². The molecule has 2 aromatic carbocycles. The first-order chi connectivity index (χ1) is 19.7. The lowest BCUT2D eigenvalue weighted by Gasteiger charge is -2.31. The van der Waals surface area contributed by atoms with Crippen LogP contribution in [0.4, 0.5) is 22.0 Å². The maximum atomic E-state index is 15.1. The molecule has 12 nitrogen and oxygen atoms in total. The van der Waals surface area contributed by atoms with E-state index in [2.05, 4.69) is 0 Å². The summed E-state index contributed by atoms with van der Waals surface area (Å²) in [4.78, 5) is 24.8. The van der Waals surface area contributed by atoms with Crippen LogP contribution in [-0.2, 0) is 13.8 Å². The fourth-order valence-electron chi connectivity index (χ4n) is 3.82. The number of benzene rings is 2. The molecule has 1 saturated heterocycles. The minimum Gasteiger partial charge on any atom is -0.497 e. The van der Waals surface area contributed by atoms with E-state index in [9.17, 15) is 32.4 Å². The van der Waals surface area contributed by atoms with Crippen molar-refractivity contribution in [2.45, 2.75) is 30.3 Å². The Bertz CT molecular complexity index is 1510. The molecule has 0 saturated carbocycles. The van der Waals surface area contributed by atoms with E-state index < -0.39 is 61.8 Å². The average Bonchev–Trinajstić information content (AvgIpc) is 3.16. The van der Waals surface area contributed by atoms with Crippen LogP contribution in [0.15, 0.2) is 64.3 Å². The molecule has 1 aromatic heterocycles. The molecule has 42 heavy (non-hydrogen) atoms. The van der Waals surface area contributed by atoms with E-state index in [1.807, 2.05) is 0 Å². The van der Waals surface area contributed by atoms with Gasteiger partial charge in [0, 0.05) is 0 Å². The average molecular weight is 624 g/mol. The predicted molar refractivity (Wildman–Crippen MR) is 132 cm³/mol. The van der Waals surface area contributed by atoms with E-state index in [-0.39, 0.29) is 22.3 Å². The highest BCUT2D eigenvalue weighted by molar-refractivity contribution is 7.49. The lowest BCUT2D eigenvalue weighted by atomic mass is 9.96. The SMILES string of the molecule is COc1ccc(OP(=O)(OCC2(C(F)F)OC(n3cc(F)c(=O)[nH]c3=O)C(F)(F)C2O)Oc2ccc(OC)cc2)cc1. The van der Waals surface area contributed by atoms with Gasteiger partial charge in [-0.25, -0.2) is 18.1 Å². The highest BCUT2D eigenvalue weighted by Gasteiger charge is 2.71. The van der Waals surface area contributed by atoms with Gasteiger partial charge in [-0.2, -0.15) is 13.2 Å². The number of phosphoric ester groups is 1. The second kappa shape index (κ2) is 11.8. The van der Waals surface area contributed by atoms with Gasteiger partial charge in [-0.3, -0.25) is 18.9 Å². The molecule has 1 aliphatic heterocycles. The molecular weight excluding hydrogens is 602 g/mol. The van der Waals surface area contributed by atoms with Gasteiger partial charge in [0.25, 0.3) is 12.0 Å². The Morgan fingerprint density at radius 1 is 0.976 bits per heavy atom. The summed E-state index contributed by atoms with van der Waals surface area (Å²) in [6.45, 7) is -1.75. The lowest BCUT2D eigenvalue weighted by molar-refractivity contribution is -0.193. The van der Waals surface area contributed by atoms with Crippen molar-refractivity contribution in [1.82, 2.24) is 9.55 Å². The maximum absolute atomic E-state index is 15.1. The number of rotatable bonds is 11. The highest BCUT2D eigenvalue weighted by atomic mass is 31.2. The predicted octanol–water partition coefficient (Wildman–Crippen LogP) is 3.50. The number of methoxy groups -OCH3 is 2. The topological polar surface area (TPSA) is 148 Å². The number of aromatic amines is 1. The van der Waals surface area contributed by atoms with Crippen LogP contribution in [0.5, 0.6) is 23.0 Å². The Hall–Kier alpha value is -3.92. The molecule has 0 spiro atoms. The molecular formula is C24H22F5N2O10P. The number of nitrogens with zero attached hydrogens (tertiary/aromatic N) is 1. The van der Waals surface area contributed by atoms with E-state index in [1.165, 1.54) is 67.7 Å². The van der Waals surface area contributed by atoms with Gasteiger partial charge in [0.05, 0.1) is 27.0 Å². The zero-order chi connectivity index (χ0) is 30.9. The molecule has 3 aromatic rings. The van der Waals surface area contributed by atoms with Crippen LogP contribution >= 0.6 is 7.82 Å². The molecule has 0 amide bonds. The first-order valence-corrected chi connectivity index (χ1v) is 13.2. The minimum atomic E-state index is -5.06. The Balaban J connectivity index is 1.69. The Kier molecular flexibility index (Phi) is 8.68. The second-order valence-corrected chi connectivity index (χ2v) is 10.2. The number of aliphatic hydroxyl groups is 1. The molecule has 18 heteroatoms. The number of hydrogen-bond acceptors (Lipinski definition) is 10. The molecule has 2 heterocycles. The Morgan fingerprint density at radius 2 is 1.45 bits per heavy atom. The summed E-state index contributed by atoms with van der Waals surface area (Å²) in [5.74, 6) is -6.08. The zero-order valence-corrected chi connectivity index (χ0v) is 22.4. The number of aliphatic hydroxyl groups excluding tert-OH is 1. The van der Waals surface area contributed by atoms with Crippen molar-refractivity contribution in [3.05, 3.63) is 81.4 Å². The standard InChI is InChI=1S/C24H22F5N2O10P/c1-36-13-3-7-15(8-4-13)40-42(35,41-16-9-5-14(37-2)6-10-16)38-12-23(20(26)27)19(33)24(28,29)21(39-23)31-11-17(25)18(32)30-22(31)34/h3-11,19-21,33H,12H2,1-2H3,(H,30,32,34). The molecule has 3 unspecified atom stereocenters. The number of ether oxygens (including phenoxy) is 3. The monoisotopic (exact) mass is 624 g/mol. The molecule has 3 atom stereocenters. The number of H-pyrrole nitrogens is 1. The van der Waals surface area contributed by atoms with E-state index >= 15 is 8.78 Å². The summed E-state index contributed by atoms with van der Waals surface area (Å²) >= 11 is 0. The highest BCUT2D eigenvalue weighted by Crippen LogP contribution is 2.55. The van der Waals surface area contributed by atoms with Crippen molar-refractivity contribution in [2.24, 2.45) is 0 Å². The van der Waals surface area contributed by atoms with Gasteiger partial charge in [-0.05, 0) is 48.5 Å². The van der Waals surface area contributed by atoms with Gasteiger partial charge in [0.15, 0.2) is 11.7 Å². The largest absolute Gasteiger partial charge is 0.587 e. The van der Waals surface area contributed by atoms with E-state index in [0.717, 1.165) is 0 Å². The third-order valence-corrected chi connectivity index (χ3v) is 7.35. The molecule has 1 fully saturated rings. The van der Waals surface area contributed by atoms with Crippen LogP contribution in [-0.4, -0.2) is 59.5 Å². The summed E-state index contributed by atoms with van der Waals surface area (Å²) in [5.41, 5.74) is -6.89. The quantitative estimate of drug-likeness (QED) is 0.240. The summed E-state index contributed by atoms with van der Waals surface area (Å²) in [6.07, 6.45) is -10.4. The zero-order valence-electron chi connectivity index (χ0n) is 21.5. The molecule has 228 valence electrons. The van der Waals surface area contributed by atoms with Crippen molar-refractivity contribution in [2.75, 3.05) is 20.8 Å². The van der Waals surface area contributed by atoms with Crippen LogP contribution in [0.25, 0.3) is 0 Å². The minimum absolute atomic E-state index is 0.000654. The molecule has 0 radical (unpaired) electrons. The third kappa shape index (κ3) is 5.99. The van der Waals surface area contributed by atoms with E-state index in [4.69, 9.17) is 27.8 Å². The summed E-state index contributed by atoms with van der Waals surface area (Å²) in [7, 11) is -2.32. The summed E-state index contributed by atoms with van der Waals surface area (Å²) < 4.78 is 117. The van der Waals surface area contributed by atoms with E-state index in [0.29, 0.717) is 11.5 Å². The number of phosphoric acid groups is 1. The van der Waals surface area contributed by atoms with Crippen molar-refractivity contribution in [3.63, 3.8) is 0 Å². The van der Waals surface area contributed by atoms with Crippen molar-refractivity contribution in [1.29, 1.82) is 0 Å². The smallest absolute Gasteiger partial charge is 0.497 e. The molecule has 2 N–H and O–H groups in total. The van der Waals surface area contributed by atoms with Gasteiger partial charge < -0.3 is 28.4 Å². The Labute approximate surface area is 232 Å². The van der Waals surface area contributed by atoms with Gasteiger partial charge in [0.1, 0.15) is 23.0 Å². The molecule has 0 aliphatic carbocycles. The van der Waals surface area contributed by atoms with Crippen molar-refractivity contribution < 1.29 is 59.4 Å². The van der Waals surface area contributed by atoms with Crippen LogP contribution in [0.2, 0.25) is 0 Å². The fraction of sp³-hybridized carbons (Fsp3) is 0.333. The lowest BCUT2D eigenvalue weighted by Crippen LogP contribution is -2.54.